The van der Waals surface area contributed by atoms with E-state index in [1.165, 1.54) is 70.8 Å². The zero-order chi connectivity index (χ0) is 13.6. The molecule has 0 aliphatic heterocycles. The van der Waals surface area contributed by atoms with Crippen molar-refractivity contribution in [3.05, 3.63) is 0 Å². The summed E-state index contributed by atoms with van der Waals surface area (Å²) >= 11 is 0. The summed E-state index contributed by atoms with van der Waals surface area (Å²) in [5, 5.41) is 3.65. The van der Waals surface area contributed by atoms with E-state index in [1.54, 1.807) is 0 Å². The van der Waals surface area contributed by atoms with Gasteiger partial charge in [-0.15, -0.1) is 0 Å². The van der Waals surface area contributed by atoms with Crippen molar-refractivity contribution in [3.8, 4) is 0 Å². The lowest BCUT2D eigenvalue weighted by atomic mass is 9.91. The first kappa shape index (κ1) is 18.0. The Morgan fingerprint density at radius 3 is 1.94 bits per heavy atom. The van der Waals surface area contributed by atoms with Crippen molar-refractivity contribution in [1.82, 2.24) is 5.32 Å². The van der Waals surface area contributed by atoms with Gasteiger partial charge in [0, 0.05) is 6.04 Å². The first-order chi connectivity index (χ1) is 8.76. The molecule has 1 nitrogen and oxygen atoms in total. The predicted octanol–water partition coefficient (Wildman–Crippen LogP) is 5.54. The largest absolute Gasteiger partial charge is 0.314 e. The van der Waals surface area contributed by atoms with Crippen molar-refractivity contribution in [1.29, 1.82) is 0 Å². The lowest BCUT2D eigenvalue weighted by Gasteiger charge is -2.23. The van der Waals surface area contributed by atoms with Crippen LogP contribution in [0.5, 0.6) is 0 Å². The van der Waals surface area contributed by atoms with Gasteiger partial charge in [0.2, 0.25) is 0 Å². The third-order valence-electron chi connectivity index (χ3n) is 4.13. The van der Waals surface area contributed by atoms with Gasteiger partial charge in [-0.05, 0) is 32.2 Å². The maximum atomic E-state index is 3.65. The van der Waals surface area contributed by atoms with Crippen LogP contribution in [-0.2, 0) is 0 Å². The summed E-state index contributed by atoms with van der Waals surface area (Å²) in [4.78, 5) is 0. The zero-order valence-corrected chi connectivity index (χ0v) is 13.4. The second-order valence-electron chi connectivity index (χ2n) is 5.82. The Hall–Kier alpha value is -0.0400. The van der Waals surface area contributed by atoms with Crippen LogP contribution in [0.15, 0.2) is 0 Å². The average molecular weight is 255 g/mol. The van der Waals surface area contributed by atoms with Crippen LogP contribution in [0.3, 0.4) is 0 Å². The van der Waals surface area contributed by atoms with E-state index in [-0.39, 0.29) is 0 Å². The highest BCUT2D eigenvalue weighted by Gasteiger charge is 2.13. The molecule has 0 aliphatic rings. The van der Waals surface area contributed by atoms with Gasteiger partial charge in [0.15, 0.2) is 0 Å². The SMILES string of the molecule is CCCCCCCCCC(CC)C(C)NCCC. The first-order valence-electron chi connectivity index (χ1n) is 8.49. The monoisotopic (exact) mass is 255 g/mol. The molecule has 110 valence electrons. The highest BCUT2D eigenvalue weighted by atomic mass is 14.9. The molecule has 0 saturated heterocycles. The van der Waals surface area contributed by atoms with Gasteiger partial charge in [-0.25, -0.2) is 0 Å². The lowest BCUT2D eigenvalue weighted by molar-refractivity contribution is 0.332. The van der Waals surface area contributed by atoms with Crippen LogP contribution >= 0.6 is 0 Å². The third kappa shape index (κ3) is 9.94. The van der Waals surface area contributed by atoms with Crippen molar-refractivity contribution < 1.29 is 0 Å². The second kappa shape index (κ2) is 13.4. The molecule has 0 aromatic heterocycles. The molecule has 0 rings (SSSR count). The lowest BCUT2D eigenvalue weighted by Crippen LogP contribution is -2.33. The number of hydrogen-bond donors (Lipinski definition) is 1. The normalized spacial score (nSPS) is 14.7. The Labute approximate surface area is 116 Å². The molecule has 0 fully saturated rings. The Balaban J connectivity index is 3.48. The van der Waals surface area contributed by atoms with Crippen LogP contribution < -0.4 is 5.32 Å². The van der Waals surface area contributed by atoms with Crippen LogP contribution in [-0.4, -0.2) is 12.6 Å². The molecule has 0 saturated carbocycles. The maximum absolute atomic E-state index is 3.65. The van der Waals surface area contributed by atoms with Gasteiger partial charge in [0.25, 0.3) is 0 Å². The Morgan fingerprint density at radius 1 is 0.778 bits per heavy atom. The fourth-order valence-electron chi connectivity index (χ4n) is 2.71. The molecule has 0 bridgehead atoms. The minimum atomic E-state index is 0.704. The van der Waals surface area contributed by atoms with Crippen LogP contribution in [0.4, 0.5) is 0 Å². The molecule has 1 N–H and O–H groups in total. The smallest absolute Gasteiger partial charge is 0.00668 e. The molecule has 18 heavy (non-hydrogen) atoms. The number of nitrogens with one attached hydrogen (secondary N) is 1. The van der Waals surface area contributed by atoms with E-state index in [1.807, 2.05) is 0 Å². The van der Waals surface area contributed by atoms with E-state index in [4.69, 9.17) is 0 Å². The van der Waals surface area contributed by atoms with E-state index < -0.39 is 0 Å². The van der Waals surface area contributed by atoms with Crippen molar-refractivity contribution in [3.63, 3.8) is 0 Å². The molecular weight excluding hydrogens is 218 g/mol. The number of rotatable bonds is 13. The molecule has 2 atom stereocenters. The fraction of sp³-hybridized carbons (Fsp3) is 1.00. The topological polar surface area (TPSA) is 12.0 Å². The van der Waals surface area contributed by atoms with Crippen molar-refractivity contribution in [2.75, 3.05) is 6.54 Å². The second-order valence-corrected chi connectivity index (χ2v) is 5.82. The van der Waals surface area contributed by atoms with Crippen LogP contribution in [0, 0.1) is 5.92 Å². The Kier molecular flexibility index (Phi) is 13.4. The summed E-state index contributed by atoms with van der Waals surface area (Å²) < 4.78 is 0. The average Bonchev–Trinajstić information content (AvgIpc) is 2.39. The minimum Gasteiger partial charge on any atom is -0.314 e. The number of hydrogen-bond acceptors (Lipinski definition) is 1. The van der Waals surface area contributed by atoms with Crippen molar-refractivity contribution in [2.24, 2.45) is 5.92 Å². The summed E-state index contributed by atoms with van der Waals surface area (Å²) in [5.41, 5.74) is 0. The predicted molar refractivity (Wildman–Crippen MR) is 84.1 cm³/mol. The summed E-state index contributed by atoms with van der Waals surface area (Å²) in [6.07, 6.45) is 14.0. The quantitative estimate of drug-likeness (QED) is 0.426. The zero-order valence-electron chi connectivity index (χ0n) is 13.4. The Morgan fingerprint density at radius 2 is 1.39 bits per heavy atom. The van der Waals surface area contributed by atoms with E-state index in [9.17, 15) is 0 Å². The summed E-state index contributed by atoms with van der Waals surface area (Å²) in [5.74, 6) is 0.882. The van der Waals surface area contributed by atoms with E-state index in [2.05, 4.69) is 33.0 Å². The van der Waals surface area contributed by atoms with Crippen molar-refractivity contribution >= 4 is 0 Å². The molecule has 0 aromatic carbocycles. The van der Waals surface area contributed by atoms with E-state index in [0.717, 1.165) is 5.92 Å². The molecule has 0 amide bonds. The van der Waals surface area contributed by atoms with Crippen molar-refractivity contribution in [2.45, 2.75) is 97.9 Å². The highest BCUT2D eigenvalue weighted by molar-refractivity contribution is 4.71. The summed E-state index contributed by atoms with van der Waals surface area (Å²) in [6.45, 7) is 10.4. The highest BCUT2D eigenvalue weighted by Crippen LogP contribution is 2.18. The summed E-state index contributed by atoms with van der Waals surface area (Å²) in [6, 6.07) is 0.704. The molecule has 0 heterocycles. The molecule has 1 heteroatoms. The molecule has 0 spiro atoms. The van der Waals surface area contributed by atoms with E-state index >= 15 is 0 Å². The van der Waals surface area contributed by atoms with Gasteiger partial charge in [0.05, 0.1) is 0 Å². The minimum absolute atomic E-state index is 0.704. The fourth-order valence-corrected chi connectivity index (χ4v) is 2.71. The third-order valence-corrected chi connectivity index (χ3v) is 4.13. The molecule has 0 aromatic rings. The number of unbranched alkanes of at least 4 members (excludes halogenated alkanes) is 6. The van der Waals surface area contributed by atoms with Crippen LogP contribution in [0.25, 0.3) is 0 Å². The molecule has 0 radical (unpaired) electrons. The van der Waals surface area contributed by atoms with Gasteiger partial charge in [-0.2, -0.15) is 0 Å². The molecule has 0 aliphatic carbocycles. The summed E-state index contributed by atoms with van der Waals surface area (Å²) in [7, 11) is 0. The Bertz CT molecular complexity index is 156. The van der Waals surface area contributed by atoms with Gasteiger partial charge in [-0.3, -0.25) is 0 Å². The standard InChI is InChI=1S/C17H37N/c1-5-8-9-10-11-12-13-14-17(7-3)16(4)18-15-6-2/h16-18H,5-15H2,1-4H3. The van der Waals surface area contributed by atoms with Gasteiger partial charge in [0.1, 0.15) is 0 Å². The van der Waals surface area contributed by atoms with Crippen LogP contribution in [0.1, 0.15) is 91.9 Å². The maximum Gasteiger partial charge on any atom is 0.00668 e. The van der Waals surface area contributed by atoms with Gasteiger partial charge in [-0.1, -0.05) is 72.1 Å². The van der Waals surface area contributed by atoms with Crippen LogP contribution in [0.2, 0.25) is 0 Å². The van der Waals surface area contributed by atoms with Gasteiger partial charge < -0.3 is 5.32 Å². The molecular formula is C17H37N. The van der Waals surface area contributed by atoms with Gasteiger partial charge >= 0.3 is 0 Å². The van der Waals surface area contributed by atoms with E-state index in [0.29, 0.717) is 6.04 Å². The molecule has 2 unspecified atom stereocenters. The first-order valence-corrected chi connectivity index (χ1v) is 8.49.